The van der Waals surface area contributed by atoms with E-state index < -0.39 is 0 Å². The normalized spacial score (nSPS) is 11.3. The van der Waals surface area contributed by atoms with Gasteiger partial charge in [-0.1, -0.05) is 6.92 Å². The van der Waals surface area contributed by atoms with E-state index in [0.29, 0.717) is 5.69 Å². The minimum absolute atomic E-state index is 0.152. The minimum Gasteiger partial charge on any atom is -0.346 e. The van der Waals surface area contributed by atoms with Crippen LogP contribution in [0.25, 0.3) is 0 Å². The van der Waals surface area contributed by atoms with Gasteiger partial charge in [0.25, 0.3) is 5.91 Å². The van der Waals surface area contributed by atoms with Crippen LogP contribution in [0.15, 0.2) is 6.20 Å². The first-order chi connectivity index (χ1) is 6.05. The van der Waals surface area contributed by atoms with Gasteiger partial charge in [-0.05, 0) is 20.3 Å². The summed E-state index contributed by atoms with van der Waals surface area (Å²) in [6, 6.07) is 0. The summed E-state index contributed by atoms with van der Waals surface area (Å²) in [6.07, 6.45) is 2.36. The van der Waals surface area contributed by atoms with E-state index in [1.165, 1.54) is 6.20 Å². The van der Waals surface area contributed by atoms with Gasteiger partial charge in [0.2, 0.25) is 0 Å². The average molecular weight is 199 g/mol. The molecule has 1 N–H and O–H groups in total. The van der Waals surface area contributed by atoms with Crippen LogP contribution in [-0.4, -0.2) is 20.2 Å². The third-order valence-electron chi connectivity index (χ3n) is 1.93. The van der Waals surface area contributed by atoms with Crippen molar-refractivity contribution in [1.29, 1.82) is 0 Å². The van der Waals surface area contributed by atoms with Crippen LogP contribution in [0.4, 0.5) is 0 Å². The molecule has 0 aliphatic carbocycles. The molecule has 0 saturated heterocycles. The zero-order valence-corrected chi connectivity index (χ0v) is 8.81. The van der Waals surface area contributed by atoms with E-state index in [-0.39, 0.29) is 11.4 Å². The first kappa shape index (κ1) is 10.1. The smallest absolute Gasteiger partial charge is 0.273 e. The summed E-state index contributed by atoms with van der Waals surface area (Å²) < 4.78 is 7.62. The SMILES string of the molecule is CCC(C)(C)NC(=O)c1cnsn1. The molecule has 0 unspecified atom stereocenters. The van der Waals surface area contributed by atoms with Crippen molar-refractivity contribution in [3.63, 3.8) is 0 Å². The molecule has 0 bridgehead atoms. The van der Waals surface area contributed by atoms with Gasteiger partial charge in [-0.25, -0.2) is 0 Å². The van der Waals surface area contributed by atoms with Gasteiger partial charge in [-0.3, -0.25) is 4.79 Å². The van der Waals surface area contributed by atoms with Crippen LogP contribution in [-0.2, 0) is 0 Å². The van der Waals surface area contributed by atoms with E-state index in [2.05, 4.69) is 14.1 Å². The maximum atomic E-state index is 11.5. The standard InChI is InChI=1S/C8H13N3OS/c1-4-8(2,3)10-7(12)6-5-9-13-11-6/h5H,4H2,1-3H3,(H,10,12). The molecule has 1 rings (SSSR count). The van der Waals surface area contributed by atoms with Crippen LogP contribution in [0, 0.1) is 0 Å². The molecule has 72 valence electrons. The molecule has 0 spiro atoms. The second kappa shape index (κ2) is 3.83. The lowest BCUT2D eigenvalue weighted by atomic mass is 10.0. The van der Waals surface area contributed by atoms with Crippen LogP contribution >= 0.6 is 11.7 Å². The molecule has 1 aromatic heterocycles. The minimum atomic E-state index is -0.180. The van der Waals surface area contributed by atoms with Crippen LogP contribution in [0.5, 0.6) is 0 Å². The maximum Gasteiger partial charge on any atom is 0.273 e. The van der Waals surface area contributed by atoms with Crippen molar-refractivity contribution in [2.45, 2.75) is 32.7 Å². The van der Waals surface area contributed by atoms with E-state index in [1.54, 1.807) is 0 Å². The zero-order chi connectivity index (χ0) is 9.90. The van der Waals surface area contributed by atoms with Crippen molar-refractivity contribution < 1.29 is 4.79 Å². The lowest BCUT2D eigenvalue weighted by molar-refractivity contribution is 0.0907. The van der Waals surface area contributed by atoms with Gasteiger partial charge in [-0.15, -0.1) is 0 Å². The summed E-state index contributed by atoms with van der Waals surface area (Å²) in [5, 5.41) is 2.87. The van der Waals surface area contributed by atoms with Gasteiger partial charge in [0, 0.05) is 5.54 Å². The second-order valence-corrected chi connectivity index (χ2v) is 4.04. The Morgan fingerprint density at radius 3 is 2.85 bits per heavy atom. The number of carbonyl (C=O) groups excluding carboxylic acids is 1. The quantitative estimate of drug-likeness (QED) is 0.801. The fourth-order valence-electron chi connectivity index (χ4n) is 0.724. The Morgan fingerprint density at radius 2 is 2.38 bits per heavy atom. The third-order valence-corrected chi connectivity index (χ3v) is 2.41. The fourth-order valence-corrected chi connectivity index (χ4v) is 1.14. The Kier molecular flexibility index (Phi) is 2.98. The Morgan fingerprint density at radius 1 is 1.69 bits per heavy atom. The first-order valence-corrected chi connectivity index (χ1v) is 4.88. The highest BCUT2D eigenvalue weighted by Crippen LogP contribution is 2.08. The van der Waals surface area contributed by atoms with Crippen LogP contribution in [0.3, 0.4) is 0 Å². The number of aromatic nitrogens is 2. The highest BCUT2D eigenvalue weighted by Gasteiger charge is 2.19. The molecule has 1 aromatic rings. The van der Waals surface area contributed by atoms with E-state index in [0.717, 1.165) is 18.1 Å². The summed E-state index contributed by atoms with van der Waals surface area (Å²) in [4.78, 5) is 11.5. The zero-order valence-electron chi connectivity index (χ0n) is 8.00. The Labute approximate surface area is 81.7 Å². The molecule has 0 aromatic carbocycles. The van der Waals surface area contributed by atoms with Crippen molar-refractivity contribution in [2.75, 3.05) is 0 Å². The summed E-state index contributed by atoms with van der Waals surface area (Å²) in [7, 11) is 0. The summed E-state index contributed by atoms with van der Waals surface area (Å²) >= 11 is 1.04. The van der Waals surface area contributed by atoms with Gasteiger partial charge >= 0.3 is 0 Å². The topological polar surface area (TPSA) is 54.9 Å². The number of hydrogen-bond donors (Lipinski definition) is 1. The van der Waals surface area contributed by atoms with Gasteiger partial charge in [0.1, 0.15) is 0 Å². The monoisotopic (exact) mass is 199 g/mol. The molecule has 0 aliphatic heterocycles. The highest BCUT2D eigenvalue weighted by molar-refractivity contribution is 6.99. The fraction of sp³-hybridized carbons (Fsp3) is 0.625. The molecule has 0 atom stereocenters. The van der Waals surface area contributed by atoms with Gasteiger partial charge in [-0.2, -0.15) is 8.75 Å². The molecule has 0 aliphatic rings. The Hall–Kier alpha value is -0.970. The van der Waals surface area contributed by atoms with Crippen molar-refractivity contribution in [2.24, 2.45) is 0 Å². The molecule has 5 heteroatoms. The summed E-state index contributed by atoms with van der Waals surface area (Å²) in [5.74, 6) is -0.152. The molecule has 0 fully saturated rings. The molecule has 0 radical (unpaired) electrons. The van der Waals surface area contributed by atoms with Crippen LogP contribution in [0.2, 0.25) is 0 Å². The molecule has 1 amide bonds. The predicted octanol–water partition coefficient (Wildman–Crippen LogP) is 1.46. The Bertz CT molecular complexity index is 282. The lowest BCUT2D eigenvalue weighted by Gasteiger charge is -2.23. The first-order valence-electron chi connectivity index (χ1n) is 4.15. The largest absolute Gasteiger partial charge is 0.346 e. The highest BCUT2D eigenvalue weighted by atomic mass is 32.1. The van der Waals surface area contributed by atoms with E-state index in [4.69, 9.17) is 0 Å². The molecular formula is C8H13N3OS. The predicted molar refractivity (Wildman–Crippen MR) is 51.7 cm³/mol. The van der Waals surface area contributed by atoms with Crippen LogP contribution < -0.4 is 5.32 Å². The van der Waals surface area contributed by atoms with Crippen LogP contribution in [0.1, 0.15) is 37.7 Å². The number of amides is 1. The molecule has 4 nitrogen and oxygen atoms in total. The van der Waals surface area contributed by atoms with Gasteiger partial charge in [0.05, 0.1) is 17.9 Å². The van der Waals surface area contributed by atoms with Crippen molar-refractivity contribution in [1.82, 2.24) is 14.1 Å². The van der Waals surface area contributed by atoms with Crippen molar-refractivity contribution in [3.8, 4) is 0 Å². The number of hydrogen-bond acceptors (Lipinski definition) is 4. The van der Waals surface area contributed by atoms with E-state index in [9.17, 15) is 4.79 Å². The third kappa shape index (κ3) is 2.77. The molecule has 13 heavy (non-hydrogen) atoms. The molecule has 1 heterocycles. The Balaban J connectivity index is 2.61. The van der Waals surface area contributed by atoms with E-state index >= 15 is 0 Å². The number of nitrogens with zero attached hydrogens (tertiary/aromatic N) is 2. The number of rotatable bonds is 3. The number of nitrogens with one attached hydrogen (secondary N) is 1. The van der Waals surface area contributed by atoms with E-state index in [1.807, 2.05) is 20.8 Å². The van der Waals surface area contributed by atoms with Crippen molar-refractivity contribution in [3.05, 3.63) is 11.9 Å². The summed E-state index contributed by atoms with van der Waals surface area (Å²) in [5.41, 5.74) is 0.215. The van der Waals surface area contributed by atoms with Crippen molar-refractivity contribution >= 4 is 17.6 Å². The van der Waals surface area contributed by atoms with Gasteiger partial charge in [0.15, 0.2) is 5.69 Å². The average Bonchev–Trinajstić information content (AvgIpc) is 2.55. The molecular weight excluding hydrogens is 186 g/mol. The maximum absolute atomic E-state index is 11.5. The second-order valence-electron chi connectivity index (χ2n) is 3.48. The van der Waals surface area contributed by atoms with Gasteiger partial charge < -0.3 is 5.32 Å². The molecule has 0 saturated carbocycles. The summed E-state index contributed by atoms with van der Waals surface area (Å²) in [6.45, 7) is 5.98. The number of carbonyl (C=O) groups is 1. The lowest BCUT2D eigenvalue weighted by Crippen LogP contribution is -2.42.